The van der Waals surface area contributed by atoms with Gasteiger partial charge in [0.15, 0.2) is 5.82 Å². The van der Waals surface area contributed by atoms with Gasteiger partial charge < -0.3 is 14.5 Å². The molecule has 4 aromatic rings. The van der Waals surface area contributed by atoms with Crippen molar-refractivity contribution in [1.82, 2.24) is 20.2 Å². The minimum absolute atomic E-state index is 0.195. The normalized spacial score (nSPS) is 11.3. The quantitative estimate of drug-likeness (QED) is 0.471. The highest BCUT2D eigenvalue weighted by Crippen LogP contribution is 2.26. The summed E-state index contributed by atoms with van der Waals surface area (Å²) in [5.41, 5.74) is 1.51. The number of rotatable bonds is 7. The van der Waals surface area contributed by atoms with Crippen LogP contribution in [0.5, 0.6) is 5.75 Å². The van der Waals surface area contributed by atoms with Crippen molar-refractivity contribution < 1.29 is 13.9 Å². The Morgan fingerprint density at radius 3 is 2.67 bits per heavy atom. The summed E-state index contributed by atoms with van der Waals surface area (Å²) in [7, 11) is 0. The Bertz CT molecular complexity index is 1150. The van der Waals surface area contributed by atoms with E-state index in [4.69, 9.17) is 9.15 Å². The van der Waals surface area contributed by atoms with Gasteiger partial charge in [-0.05, 0) is 41.6 Å². The van der Waals surface area contributed by atoms with E-state index in [0.29, 0.717) is 29.6 Å². The molecule has 0 unspecified atom stereocenters. The van der Waals surface area contributed by atoms with Crippen molar-refractivity contribution in [2.24, 2.45) is 0 Å². The molecular formula is C22H19N5O3. The highest BCUT2D eigenvalue weighted by molar-refractivity contribution is 6.24. The molecule has 8 heteroatoms. The third kappa shape index (κ3) is 4.12. The molecule has 2 aromatic carbocycles. The second-order valence-electron chi connectivity index (χ2n) is 6.21. The lowest BCUT2D eigenvalue weighted by atomic mass is 10.2. The predicted octanol–water partition coefficient (Wildman–Crippen LogP) is 3.97. The molecule has 8 nitrogen and oxygen atoms in total. The summed E-state index contributed by atoms with van der Waals surface area (Å²) < 4.78 is 12.4. The van der Waals surface area contributed by atoms with Crippen LogP contribution in [0.3, 0.4) is 0 Å². The number of carbonyl (C=O) groups is 1. The van der Waals surface area contributed by atoms with Gasteiger partial charge in [0.25, 0.3) is 5.91 Å². The minimum atomic E-state index is -0.414. The van der Waals surface area contributed by atoms with Crippen molar-refractivity contribution in [1.29, 1.82) is 0 Å². The number of nitrogens with one attached hydrogen (secondary N) is 1. The second-order valence-corrected chi connectivity index (χ2v) is 6.21. The zero-order chi connectivity index (χ0) is 20.8. The van der Waals surface area contributed by atoms with Crippen LogP contribution in [0.15, 0.2) is 77.4 Å². The molecule has 1 amide bonds. The van der Waals surface area contributed by atoms with E-state index in [0.717, 1.165) is 5.56 Å². The maximum Gasteiger partial charge on any atom is 0.274 e. The van der Waals surface area contributed by atoms with Crippen LogP contribution < -0.4 is 10.1 Å². The second kappa shape index (κ2) is 8.87. The number of hydrogen-bond acceptors (Lipinski definition) is 6. The molecule has 150 valence electrons. The SMILES string of the molecule is CCOc1ccccc1NC(=O)C(=Cc1ccco1)n1nnnc1-c1ccccc1. The first-order valence-corrected chi connectivity index (χ1v) is 9.39. The van der Waals surface area contributed by atoms with Crippen molar-refractivity contribution in [2.75, 3.05) is 11.9 Å². The molecule has 2 aromatic heterocycles. The van der Waals surface area contributed by atoms with Crippen molar-refractivity contribution in [2.45, 2.75) is 6.92 Å². The standard InChI is InChI=1S/C22H19N5O3/c1-2-29-20-13-7-6-12-18(20)23-22(28)19(15-17-11-8-14-30-17)27-21(24-25-26-27)16-9-4-3-5-10-16/h3-15H,2H2,1H3,(H,23,28). The van der Waals surface area contributed by atoms with Crippen molar-refractivity contribution >= 4 is 23.4 Å². The van der Waals surface area contributed by atoms with Crippen LogP contribution >= 0.6 is 0 Å². The van der Waals surface area contributed by atoms with Crippen LogP contribution in [0.2, 0.25) is 0 Å². The lowest BCUT2D eigenvalue weighted by Gasteiger charge is -2.13. The van der Waals surface area contributed by atoms with Gasteiger partial charge in [-0.25, -0.2) is 0 Å². The molecule has 0 saturated carbocycles. The van der Waals surface area contributed by atoms with E-state index in [1.165, 1.54) is 10.9 Å². The summed E-state index contributed by atoms with van der Waals surface area (Å²) in [6, 6.07) is 20.1. The predicted molar refractivity (Wildman–Crippen MR) is 112 cm³/mol. The Morgan fingerprint density at radius 2 is 1.90 bits per heavy atom. The van der Waals surface area contributed by atoms with Gasteiger partial charge in [0.05, 0.1) is 18.6 Å². The molecule has 0 aliphatic carbocycles. The monoisotopic (exact) mass is 401 g/mol. The summed E-state index contributed by atoms with van der Waals surface area (Å²) in [6.45, 7) is 2.36. The maximum atomic E-state index is 13.3. The fourth-order valence-corrected chi connectivity index (χ4v) is 2.89. The number of amides is 1. The van der Waals surface area contributed by atoms with E-state index in [-0.39, 0.29) is 5.70 Å². The third-order valence-corrected chi connectivity index (χ3v) is 4.22. The number of benzene rings is 2. The molecule has 0 saturated heterocycles. The first kappa shape index (κ1) is 19.1. The molecule has 0 fully saturated rings. The lowest BCUT2D eigenvalue weighted by Crippen LogP contribution is -2.20. The number of hydrogen-bond donors (Lipinski definition) is 1. The summed E-state index contributed by atoms with van der Waals surface area (Å²) in [5.74, 6) is 1.09. The average molecular weight is 401 g/mol. The van der Waals surface area contributed by atoms with Gasteiger partial charge in [0.2, 0.25) is 0 Å². The van der Waals surface area contributed by atoms with E-state index in [1.54, 1.807) is 30.3 Å². The molecule has 0 spiro atoms. The highest BCUT2D eigenvalue weighted by Gasteiger charge is 2.21. The average Bonchev–Trinajstić information content (AvgIpc) is 3.46. The van der Waals surface area contributed by atoms with Gasteiger partial charge in [0, 0.05) is 11.6 Å². The van der Waals surface area contributed by atoms with E-state index in [1.807, 2.05) is 49.4 Å². The Kier molecular flexibility index (Phi) is 5.66. The van der Waals surface area contributed by atoms with Gasteiger partial charge in [-0.3, -0.25) is 4.79 Å². The highest BCUT2D eigenvalue weighted by atomic mass is 16.5. The first-order chi connectivity index (χ1) is 14.8. The molecule has 0 atom stereocenters. The summed E-state index contributed by atoms with van der Waals surface area (Å²) in [6.07, 6.45) is 3.12. The first-order valence-electron chi connectivity index (χ1n) is 9.39. The Morgan fingerprint density at radius 1 is 1.10 bits per heavy atom. The topological polar surface area (TPSA) is 95.1 Å². The zero-order valence-electron chi connectivity index (χ0n) is 16.2. The fourth-order valence-electron chi connectivity index (χ4n) is 2.89. The number of anilines is 1. The third-order valence-electron chi connectivity index (χ3n) is 4.22. The largest absolute Gasteiger partial charge is 0.492 e. The lowest BCUT2D eigenvalue weighted by molar-refractivity contribution is -0.111. The molecule has 0 aliphatic heterocycles. The van der Waals surface area contributed by atoms with Crippen molar-refractivity contribution in [3.05, 3.63) is 78.8 Å². The van der Waals surface area contributed by atoms with Crippen molar-refractivity contribution in [3.63, 3.8) is 0 Å². The summed E-state index contributed by atoms with van der Waals surface area (Å²) >= 11 is 0. The number of nitrogens with zero attached hydrogens (tertiary/aromatic N) is 4. The Labute approximate surface area is 172 Å². The van der Waals surface area contributed by atoms with Crippen LogP contribution in [0.4, 0.5) is 5.69 Å². The number of carbonyl (C=O) groups excluding carboxylic acids is 1. The van der Waals surface area contributed by atoms with E-state index >= 15 is 0 Å². The van der Waals surface area contributed by atoms with Gasteiger partial charge in [-0.2, -0.15) is 4.68 Å². The fraction of sp³-hybridized carbons (Fsp3) is 0.0909. The van der Waals surface area contributed by atoms with Gasteiger partial charge >= 0.3 is 0 Å². The molecule has 4 rings (SSSR count). The molecular weight excluding hydrogens is 382 g/mol. The van der Waals surface area contributed by atoms with Crippen LogP contribution in [-0.2, 0) is 4.79 Å². The molecule has 2 heterocycles. The number of aromatic nitrogens is 4. The molecule has 0 radical (unpaired) electrons. The van der Waals surface area contributed by atoms with Crippen LogP contribution in [0.25, 0.3) is 23.2 Å². The van der Waals surface area contributed by atoms with Crippen LogP contribution in [0, 0.1) is 0 Å². The van der Waals surface area contributed by atoms with Gasteiger partial charge in [0.1, 0.15) is 17.2 Å². The summed E-state index contributed by atoms with van der Waals surface area (Å²) in [4.78, 5) is 13.3. The number of para-hydroxylation sites is 2. The van der Waals surface area contributed by atoms with Crippen LogP contribution in [0.1, 0.15) is 12.7 Å². The zero-order valence-corrected chi connectivity index (χ0v) is 16.2. The van der Waals surface area contributed by atoms with E-state index in [2.05, 4.69) is 20.8 Å². The van der Waals surface area contributed by atoms with Crippen LogP contribution in [-0.4, -0.2) is 32.7 Å². The minimum Gasteiger partial charge on any atom is -0.492 e. The van der Waals surface area contributed by atoms with Crippen molar-refractivity contribution in [3.8, 4) is 17.1 Å². The molecule has 30 heavy (non-hydrogen) atoms. The smallest absolute Gasteiger partial charge is 0.274 e. The maximum absolute atomic E-state index is 13.3. The number of ether oxygens (including phenoxy) is 1. The molecule has 0 bridgehead atoms. The molecule has 0 aliphatic rings. The van der Waals surface area contributed by atoms with Gasteiger partial charge in [-0.1, -0.05) is 42.5 Å². The number of tetrazole rings is 1. The Hall–Kier alpha value is -4.20. The van der Waals surface area contributed by atoms with E-state index < -0.39 is 5.91 Å². The Balaban J connectivity index is 1.74. The number of furan rings is 1. The molecule has 1 N–H and O–H groups in total. The van der Waals surface area contributed by atoms with Gasteiger partial charge in [-0.15, -0.1) is 5.10 Å². The van der Waals surface area contributed by atoms with E-state index in [9.17, 15) is 4.79 Å². The summed E-state index contributed by atoms with van der Waals surface area (Å²) in [5, 5.41) is 14.8.